The first-order valence-electron chi connectivity index (χ1n) is 9.47. The van der Waals surface area contributed by atoms with Gasteiger partial charge in [-0.2, -0.15) is 4.98 Å². The van der Waals surface area contributed by atoms with E-state index in [1.807, 2.05) is 26.0 Å². The SMILES string of the molecule is CCOc1cc(Cc2cnc(N)nc2N)cc(OCC)c1-c1cccc([N+](=O)[O-])c1. The molecule has 3 rings (SSSR count). The van der Waals surface area contributed by atoms with Crippen LogP contribution in [0.1, 0.15) is 25.0 Å². The van der Waals surface area contributed by atoms with Crippen LogP contribution in [-0.2, 0) is 6.42 Å². The zero-order valence-corrected chi connectivity index (χ0v) is 16.8. The Bertz CT molecular complexity index is 1040. The number of hydrogen-bond donors (Lipinski definition) is 2. The number of nitro benzene ring substituents is 1. The molecule has 1 heterocycles. The summed E-state index contributed by atoms with van der Waals surface area (Å²) in [7, 11) is 0. The number of benzene rings is 2. The molecule has 30 heavy (non-hydrogen) atoms. The molecule has 0 aliphatic carbocycles. The third-order valence-electron chi connectivity index (χ3n) is 4.38. The molecule has 0 amide bonds. The molecule has 0 spiro atoms. The molecule has 0 saturated carbocycles. The number of nitrogens with two attached hydrogens (primary N) is 2. The van der Waals surface area contributed by atoms with Gasteiger partial charge >= 0.3 is 0 Å². The lowest BCUT2D eigenvalue weighted by Crippen LogP contribution is -2.05. The molecule has 4 N–H and O–H groups in total. The second kappa shape index (κ2) is 9.08. The zero-order chi connectivity index (χ0) is 21.7. The average molecular weight is 409 g/mol. The first-order chi connectivity index (χ1) is 14.4. The number of nitro groups is 1. The Labute approximate surface area is 173 Å². The van der Waals surface area contributed by atoms with Crippen molar-refractivity contribution < 1.29 is 14.4 Å². The molecule has 0 aliphatic rings. The Balaban J connectivity index is 2.12. The van der Waals surface area contributed by atoms with E-state index in [0.717, 1.165) is 11.1 Å². The van der Waals surface area contributed by atoms with Gasteiger partial charge in [-0.15, -0.1) is 0 Å². The maximum Gasteiger partial charge on any atom is 0.270 e. The monoisotopic (exact) mass is 409 g/mol. The predicted octanol–water partition coefficient (Wildman–Crippen LogP) is 3.60. The highest BCUT2D eigenvalue weighted by atomic mass is 16.6. The number of anilines is 2. The van der Waals surface area contributed by atoms with Crippen molar-refractivity contribution >= 4 is 17.5 Å². The summed E-state index contributed by atoms with van der Waals surface area (Å²) in [6, 6.07) is 10.1. The van der Waals surface area contributed by atoms with Crippen LogP contribution < -0.4 is 20.9 Å². The van der Waals surface area contributed by atoms with Crippen molar-refractivity contribution in [2.45, 2.75) is 20.3 Å². The topological polar surface area (TPSA) is 139 Å². The highest BCUT2D eigenvalue weighted by molar-refractivity contribution is 5.79. The largest absolute Gasteiger partial charge is 0.493 e. The van der Waals surface area contributed by atoms with E-state index in [9.17, 15) is 10.1 Å². The number of non-ortho nitro benzene ring substituents is 1. The van der Waals surface area contributed by atoms with E-state index in [0.29, 0.717) is 48.1 Å². The molecule has 0 aliphatic heterocycles. The molecule has 156 valence electrons. The Morgan fingerprint density at radius 2 is 1.73 bits per heavy atom. The molecule has 0 radical (unpaired) electrons. The summed E-state index contributed by atoms with van der Waals surface area (Å²) in [6.45, 7) is 4.58. The number of ether oxygens (including phenoxy) is 2. The third-order valence-corrected chi connectivity index (χ3v) is 4.38. The van der Waals surface area contributed by atoms with E-state index in [1.54, 1.807) is 18.3 Å². The number of rotatable bonds is 8. The molecule has 0 atom stereocenters. The van der Waals surface area contributed by atoms with Gasteiger partial charge in [0.05, 0.1) is 23.7 Å². The molecule has 1 aromatic heterocycles. The lowest BCUT2D eigenvalue weighted by molar-refractivity contribution is -0.384. The van der Waals surface area contributed by atoms with Crippen LogP contribution in [0.2, 0.25) is 0 Å². The van der Waals surface area contributed by atoms with Crippen molar-refractivity contribution in [3.05, 3.63) is 63.8 Å². The van der Waals surface area contributed by atoms with Gasteiger partial charge in [-0.25, -0.2) is 4.98 Å². The summed E-state index contributed by atoms with van der Waals surface area (Å²) in [5.41, 5.74) is 14.4. The van der Waals surface area contributed by atoms with Crippen LogP contribution in [0.5, 0.6) is 11.5 Å². The summed E-state index contributed by atoms with van der Waals surface area (Å²) >= 11 is 0. The van der Waals surface area contributed by atoms with E-state index < -0.39 is 4.92 Å². The second-order valence-corrected chi connectivity index (χ2v) is 6.46. The van der Waals surface area contributed by atoms with Crippen molar-refractivity contribution in [3.63, 3.8) is 0 Å². The van der Waals surface area contributed by atoms with Crippen LogP contribution in [0.25, 0.3) is 11.1 Å². The Morgan fingerprint density at radius 1 is 1.07 bits per heavy atom. The van der Waals surface area contributed by atoms with Crippen LogP contribution >= 0.6 is 0 Å². The fourth-order valence-corrected chi connectivity index (χ4v) is 3.13. The van der Waals surface area contributed by atoms with Crippen LogP contribution in [0.4, 0.5) is 17.5 Å². The smallest absolute Gasteiger partial charge is 0.270 e. The minimum atomic E-state index is -0.428. The van der Waals surface area contributed by atoms with Crippen molar-refractivity contribution in [2.24, 2.45) is 0 Å². The standard InChI is InChI=1S/C21H23N5O4/c1-3-29-17-9-13(8-15-12-24-21(23)25-20(15)22)10-18(30-4-2)19(17)14-6-5-7-16(11-14)26(27)28/h5-7,9-12H,3-4,8H2,1-2H3,(H4,22,23,24,25). The average Bonchev–Trinajstić information content (AvgIpc) is 2.71. The lowest BCUT2D eigenvalue weighted by atomic mass is 9.98. The molecular formula is C21H23N5O4. The number of hydrogen-bond acceptors (Lipinski definition) is 8. The van der Waals surface area contributed by atoms with E-state index in [1.165, 1.54) is 12.1 Å². The van der Waals surface area contributed by atoms with Gasteiger partial charge < -0.3 is 20.9 Å². The molecule has 9 nitrogen and oxygen atoms in total. The highest BCUT2D eigenvalue weighted by Gasteiger charge is 2.18. The van der Waals surface area contributed by atoms with E-state index >= 15 is 0 Å². The lowest BCUT2D eigenvalue weighted by Gasteiger charge is -2.18. The van der Waals surface area contributed by atoms with Gasteiger partial charge in [-0.05, 0) is 37.1 Å². The zero-order valence-electron chi connectivity index (χ0n) is 16.8. The van der Waals surface area contributed by atoms with Gasteiger partial charge in [0.25, 0.3) is 5.69 Å². The van der Waals surface area contributed by atoms with Crippen molar-refractivity contribution in [1.82, 2.24) is 9.97 Å². The van der Waals surface area contributed by atoms with Gasteiger partial charge in [-0.1, -0.05) is 12.1 Å². The number of aromatic nitrogens is 2. The van der Waals surface area contributed by atoms with Gasteiger partial charge in [0.15, 0.2) is 0 Å². The number of nitrogen functional groups attached to an aromatic ring is 2. The molecule has 0 saturated heterocycles. The molecule has 2 aromatic carbocycles. The van der Waals surface area contributed by atoms with Crippen molar-refractivity contribution in [2.75, 3.05) is 24.7 Å². The van der Waals surface area contributed by atoms with Crippen LogP contribution in [0, 0.1) is 10.1 Å². The van der Waals surface area contributed by atoms with E-state index in [-0.39, 0.29) is 11.6 Å². The minimum absolute atomic E-state index is 0.00623. The maximum absolute atomic E-state index is 11.2. The molecule has 9 heteroatoms. The summed E-state index contributed by atoms with van der Waals surface area (Å²) in [6.07, 6.45) is 2.04. The molecule has 0 fully saturated rings. The van der Waals surface area contributed by atoms with Gasteiger partial charge in [-0.3, -0.25) is 10.1 Å². The minimum Gasteiger partial charge on any atom is -0.493 e. The normalized spacial score (nSPS) is 10.6. The maximum atomic E-state index is 11.2. The molecule has 3 aromatic rings. The Morgan fingerprint density at radius 3 is 2.30 bits per heavy atom. The Kier molecular flexibility index (Phi) is 6.31. The molecular weight excluding hydrogens is 386 g/mol. The highest BCUT2D eigenvalue weighted by Crippen LogP contribution is 2.41. The van der Waals surface area contributed by atoms with Crippen LogP contribution in [0.3, 0.4) is 0 Å². The summed E-state index contributed by atoms with van der Waals surface area (Å²) in [5.74, 6) is 1.55. The fraction of sp³-hybridized carbons (Fsp3) is 0.238. The Hall–Kier alpha value is -3.88. The summed E-state index contributed by atoms with van der Waals surface area (Å²) < 4.78 is 11.7. The molecule has 0 bridgehead atoms. The van der Waals surface area contributed by atoms with E-state index in [2.05, 4.69) is 9.97 Å². The number of nitrogens with zero attached hydrogens (tertiary/aromatic N) is 3. The van der Waals surface area contributed by atoms with Gasteiger partial charge in [0, 0.05) is 30.3 Å². The molecule has 0 unspecified atom stereocenters. The second-order valence-electron chi connectivity index (χ2n) is 6.46. The van der Waals surface area contributed by atoms with Crippen molar-refractivity contribution in [1.29, 1.82) is 0 Å². The predicted molar refractivity (Wildman–Crippen MR) is 115 cm³/mol. The van der Waals surface area contributed by atoms with Gasteiger partial charge in [0.2, 0.25) is 5.95 Å². The van der Waals surface area contributed by atoms with Gasteiger partial charge in [0.1, 0.15) is 17.3 Å². The summed E-state index contributed by atoms with van der Waals surface area (Å²) in [5, 5.41) is 11.2. The first kappa shape index (κ1) is 20.8. The van der Waals surface area contributed by atoms with Crippen LogP contribution in [0.15, 0.2) is 42.6 Å². The quantitative estimate of drug-likeness (QED) is 0.425. The van der Waals surface area contributed by atoms with E-state index in [4.69, 9.17) is 20.9 Å². The third kappa shape index (κ3) is 4.57. The summed E-state index contributed by atoms with van der Waals surface area (Å²) in [4.78, 5) is 18.8. The first-order valence-corrected chi connectivity index (χ1v) is 9.47. The van der Waals surface area contributed by atoms with Crippen molar-refractivity contribution in [3.8, 4) is 22.6 Å². The van der Waals surface area contributed by atoms with Crippen LogP contribution in [-0.4, -0.2) is 28.1 Å². The fourth-order valence-electron chi connectivity index (χ4n) is 3.13.